The third-order valence-corrected chi connectivity index (χ3v) is 8.23. The van der Waals surface area contributed by atoms with Crippen molar-refractivity contribution >= 4 is 63.2 Å². The van der Waals surface area contributed by atoms with Gasteiger partial charge in [0.2, 0.25) is 0 Å². The maximum atomic E-state index is 6.16. The zero-order valence-corrected chi connectivity index (χ0v) is 24.1. The van der Waals surface area contributed by atoms with Gasteiger partial charge in [-0.1, -0.05) is 48.4 Å². The molecule has 1 aliphatic heterocycles. The Morgan fingerprint density at radius 2 is 1.89 bits per heavy atom. The Balaban J connectivity index is 0.00000304. The summed E-state index contributed by atoms with van der Waals surface area (Å²) in [6, 6.07) is 23.5. The molecule has 0 aliphatic carbocycles. The average molecular weight is 624 g/mol. The smallest absolute Gasteiger partial charge is 0.119 e. The zero-order chi connectivity index (χ0) is 24.2. The first-order valence-electron chi connectivity index (χ1n) is 11.5. The number of ether oxygens (including phenoxy) is 1. The summed E-state index contributed by atoms with van der Waals surface area (Å²) in [6.45, 7) is 5.13. The number of fused-ring (bicyclic) bond motifs is 1. The molecule has 1 atom stereocenters. The molecule has 0 saturated carbocycles. The van der Waals surface area contributed by atoms with Crippen LogP contribution in [0.1, 0.15) is 36.0 Å². The first kappa shape index (κ1) is 26.4. The first-order chi connectivity index (χ1) is 17.1. The second-order valence-electron chi connectivity index (χ2n) is 8.46. The minimum Gasteiger partial charge on any atom is -0.489 e. The first-order valence-corrected chi connectivity index (χ1v) is 13.4. The van der Waals surface area contributed by atoms with Crippen LogP contribution in [0.4, 0.5) is 0 Å². The molecule has 0 fully saturated rings. The van der Waals surface area contributed by atoms with E-state index in [1.165, 1.54) is 29.7 Å². The summed E-state index contributed by atoms with van der Waals surface area (Å²) in [6.07, 6.45) is 0.747. The van der Waals surface area contributed by atoms with E-state index in [0.29, 0.717) is 13.2 Å². The van der Waals surface area contributed by atoms with Crippen LogP contribution in [0, 0.1) is 21.6 Å². The van der Waals surface area contributed by atoms with Gasteiger partial charge in [0.05, 0.1) is 14.5 Å². The average Bonchev–Trinajstić information content (AvgIpc) is 3.50. The van der Waals surface area contributed by atoms with Gasteiger partial charge in [0.25, 0.3) is 0 Å². The Bertz CT molecular complexity index is 1500. The van der Waals surface area contributed by atoms with E-state index in [1.54, 1.807) is 0 Å². The molecule has 182 valence electrons. The van der Waals surface area contributed by atoms with E-state index < -0.39 is 0 Å². The summed E-state index contributed by atoms with van der Waals surface area (Å²) < 4.78 is 8.78. The predicted molar refractivity (Wildman–Crippen MR) is 164 cm³/mol. The summed E-state index contributed by atoms with van der Waals surface area (Å²) >= 11 is 4.30. The lowest BCUT2D eigenvalue weighted by Gasteiger charge is -2.12. The third kappa shape index (κ3) is 5.83. The summed E-state index contributed by atoms with van der Waals surface area (Å²) in [5.41, 5.74) is 7.20. The van der Waals surface area contributed by atoms with Crippen molar-refractivity contribution in [2.45, 2.75) is 32.8 Å². The van der Waals surface area contributed by atoms with Crippen molar-refractivity contribution in [3.8, 4) is 28.7 Å². The van der Waals surface area contributed by atoms with Crippen LogP contribution in [-0.4, -0.2) is 12.3 Å². The van der Waals surface area contributed by atoms with Gasteiger partial charge in [-0.05, 0) is 88.2 Å². The Labute approximate surface area is 236 Å². The molecule has 3 aromatic carbocycles. The van der Waals surface area contributed by atoms with Crippen molar-refractivity contribution in [1.82, 2.24) is 0 Å². The molecule has 4 nitrogen and oxygen atoms in total. The van der Waals surface area contributed by atoms with Gasteiger partial charge in [-0.2, -0.15) is 18.6 Å². The van der Waals surface area contributed by atoms with Gasteiger partial charge in [-0.15, -0.1) is 22.4 Å². The minimum atomic E-state index is 0. The summed E-state index contributed by atoms with van der Waals surface area (Å²) in [5, 5.41) is 13.1. The van der Waals surface area contributed by atoms with Crippen molar-refractivity contribution in [2.24, 2.45) is 15.4 Å². The van der Waals surface area contributed by atoms with Crippen LogP contribution in [0.15, 0.2) is 82.2 Å². The molecule has 0 N–H and O–H groups in total. The number of hydrogen-bond donors (Lipinski definition) is 0. The number of hydrogen-bond acceptors (Lipinski definition) is 5. The molecule has 0 radical (unpaired) electrons. The summed E-state index contributed by atoms with van der Waals surface area (Å²) in [4.78, 5) is 0. The van der Waals surface area contributed by atoms with Crippen LogP contribution < -0.4 is 4.74 Å². The Morgan fingerprint density at radius 3 is 2.61 bits per heavy atom. The third-order valence-electron chi connectivity index (χ3n) is 6.07. The van der Waals surface area contributed by atoms with Gasteiger partial charge in [0.1, 0.15) is 18.9 Å². The standard InChI is InChI=1S/C29H24IN3OS.H2S/c1-3-6-22(16-23-17-31-33-32-23)21-10-12-24(13-11-21)34-18-20-9-14-27-26(15-20)28(29(30)35-27)25-8-5-4-7-19(25)2;/h4-5,7-15,22H,16-18H2,1-2H3;1H2/t22-;/m0./s1. The van der Waals surface area contributed by atoms with E-state index in [4.69, 9.17) is 4.74 Å². The fourth-order valence-corrected chi connectivity index (χ4v) is 6.49. The second kappa shape index (κ2) is 12.0. The predicted octanol–water partition coefficient (Wildman–Crippen LogP) is 8.49. The molecule has 5 rings (SSSR count). The SMILES string of the molecule is CC#C[C@@H](CC1=NN=NC1)c1ccc(OCc2ccc3sc(I)c(-c4ccccc4C)c3c2)cc1.S. The van der Waals surface area contributed by atoms with Gasteiger partial charge >= 0.3 is 0 Å². The largest absolute Gasteiger partial charge is 0.489 e. The zero-order valence-electron chi connectivity index (χ0n) is 20.1. The summed E-state index contributed by atoms with van der Waals surface area (Å²) in [5.74, 6) is 7.26. The molecule has 2 heterocycles. The molecule has 7 heteroatoms. The molecule has 36 heavy (non-hydrogen) atoms. The topological polar surface area (TPSA) is 46.3 Å². The van der Waals surface area contributed by atoms with Crippen LogP contribution in [0.25, 0.3) is 21.2 Å². The minimum absolute atomic E-state index is 0. The molecule has 0 bridgehead atoms. The van der Waals surface area contributed by atoms with Crippen molar-refractivity contribution < 1.29 is 4.74 Å². The molecule has 0 unspecified atom stereocenters. The fraction of sp³-hybridized carbons (Fsp3) is 0.207. The Morgan fingerprint density at radius 1 is 1.08 bits per heavy atom. The van der Waals surface area contributed by atoms with Gasteiger partial charge in [-0.25, -0.2) is 0 Å². The van der Waals surface area contributed by atoms with E-state index in [9.17, 15) is 0 Å². The van der Waals surface area contributed by atoms with Gasteiger partial charge < -0.3 is 4.74 Å². The lowest BCUT2D eigenvalue weighted by molar-refractivity contribution is 0.306. The highest BCUT2D eigenvalue weighted by atomic mass is 127. The highest BCUT2D eigenvalue weighted by Crippen LogP contribution is 2.41. The number of nitrogens with zero attached hydrogens (tertiary/aromatic N) is 3. The lowest BCUT2D eigenvalue weighted by atomic mass is 9.94. The monoisotopic (exact) mass is 623 g/mol. The highest BCUT2D eigenvalue weighted by Gasteiger charge is 2.16. The van der Waals surface area contributed by atoms with Crippen molar-refractivity contribution in [2.75, 3.05) is 6.54 Å². The highest BCUT2D eigenvalue weighted by molar-refractivity contribution is 14.1. The molecule has 1 aliphatic rings. The molecule has 4 aromatic rings. The Kier molecular flexibility index (Phi) is 8.83. The lowest BCUT2D eigenvalue weighted by Crippen LogP contribution is -2.07. The maximum absolute atomic E-state index is 6.16. The second-order valence-corrected chi connectivity index (χ2v) is 11.3. The van der Waals surface area contributed by atoms with E-state index >= 15 is 0 Å². The molecule has 0 amide bonds. The number of thiophene rings is 1. The number of benzene rings is 3. The molecule has 0 saturated heterocycles. The van der Waals surface area contributed by atoms with Crippen molar-refractivity contribution in [1.29, 1.82) is 0 Å². The van der Waals surface area contributed by atoms with E-state index in [0.717, 1.165) is 29.0 Å². The fourth-order valence-electron chi connectivity index (χ4n) is 4.28. The van der Waals surface area contributed by atoms with E-state index in [-0.39, 0.29) is 19.4 Å². The molecule has 1 aromatic heterocycles. The van der Waals surface area contributed by atoms with Gasteiger partial charge in [0.15, 0.2) is 0 Å². The number of rotatable bonds is 7. The number of aryl methyl sites for hydroxylation is 1. The van der Waals surface area contributed by atoms with Crippen LogP contribution in [0.2, 0.25) is 0 Å². The molecular weight excluding hydrogens is 597 g/mol. The van der Waals surface area contributed by atoms with E-state index in [1.807, 2.05) is 30.4 Å². The quantitative estimate of drug-likeness (QED) is 0.150. The molecular formula is C29H26IN3OS2. The number of halogens is 1. The van der Waals surface area contributed by atoms with Gasteiger partial charge in [-0.3, -0.25) is 0 Å². The van der Waals surface area contributed by atoms with Crippen molar-refractivity contribution in [3.63, 3.8) is 0 Å². The maximum Gasteiger partial charge on any atom is 0.119 e. The van der Waals surface area contributed by atoms with E-state index in [2.05, 4.69) is 111 Å². The van der Waals surface area contributed by atoms with Crippen LogP contribution >= 0.6 is 47.4 Å². The van der Waals surface area contributed by atoms with Crippen molar-refractivity contribution in [3.05, 3.63) is 86.3 Å². The molecule has 0 spiro atoms. The Hall–Kier alpha value is -2.67. The van der Waals surface area contributed by atoms with Crippen LogP contribution in [-0.2, 0) is 6.61 Å². The van der Waals surface area contributed by atoms with Crippen LogP contribution in [0.3, 0.4) is 0 Å². The summed E-state index contributed by atoms with van der Waals surface area (Å²) in [7, 11) is 0. The van der Waals surface area contributed by atoms with Crippen LogP contribution in [0.5, 0.6) is 5.75 Å². The van der Waals surface area contributed by atoms with Gasteiger partial charge in [0, 0.05) is 22.1 Å². The normalized spacial score (nSPS) is 13.0.